The first-order valence-electron chi connectivity index (χ1n) is 6.64. The molecule has 1 heterocycles. The normalized spacial score (nSPS) is 10.6. The van der Waals surface area contributed by atoms with E-state index in [0.29, 0.717) is 24.4 Å². The summed E-state index contributed by atoms with van der Waals surface area (Å²) in [4.78, 5) is 11.9. The van der Waals surface area contributed by atoms with E-state index in [0.717, 1.165) is 11.3 Å². The number of ether oxygens (including phenoxy) is 1. The second-order valence-corrected chi connectivity index (χ2v) is 4.29. The van der Waals surface area contributed by atoms with Crippen molar-refractivity contribution in [2.24, 2.45) is 0 Å². The lowest BCUT2D eigenvalue weighted by Crippen LogP contribution is -2.26. The maximum atomic E-state index is 11.9. The van der Waals surface area contributed by atoms with Gasteiger partial charge < -0.3 is 9.84 Å². The van der Waals surface area contributed by atoms with Crippen LogP contribution in [-0.4, -0.2) is 21.5 Å². The molecule has 0 atom stereocenters. The molecule has 2 rings (SSSR count). The maximum absolute atomic E-state index is 11.9. The van der Waals surface area contributed by atoms with E-state index < -0.39 is 0 Å². The smallest absolute Gasteiger partial charge is 0.272 e. The first-order chi connectivity index (χ1) is 9.69. The monoisotopic (exact) mass is 274 g/mol. The topological polar surface area (TPSA) is 64.3 Å². The SMILES string of the molecule is CCOc1cccc(-c2cc(CO)c(=O)n(CC)n2)c1. The number of benzene rings is 1. The molecule has 0 radical (unpaired) electrons. The van der Waals surface area contributed by atoms with Crippen molar-refractivity contribution >= 4 is 0 Å². The van der Waals surface area contributed by atoms with Crippen molar-refractivity contribution in [3.63, 3.8) is 0 Å². The predicted octanol–water partition coefficient (Wildman–Crippen LogP) is 1.82. The average molecular weight is 274 g/mol. The molecule has 20 heavy (non-hydrogen) atoms. The summed E-state index contributed by atoms with van der Waals surface area (Å²) in [5.41, 5.74) is 1.60. The van der Waals surface area contributed by atoms with Crippen LogP contribution in [0.2, 0.25) is 0 Å². The van der Waals surface area contributed by atoms with Gasteiger partial charge >= 0.3 is 0 Å². The molecule has 0 unspecified atom stereocenters. The summed E-state index contributed by atoms with van der Waals surface area (Å²) in [5, 5.41) is 13.6. The highest BCUT2D eigenvalue weighted by atomic mass is 16.5. The lowest BCUT2D eigenvalue weighted by Gasteiger charge is -2.09. The summed E-state index contributed by atoms with van der Waals surface area (Å²) in [6, 6.07) is 9.14. The van der Waals surface area contributed by atoms with E-state index in [9.17, 15) is 9.90 Å². The molecule has 1 aromatic carbocycles. The van der Waals surface area contributed by atoms with Crippen molar-refractivity contribution < 1.29 is 9.84 Å². The van der Waals surface area contributed by atoms with Crippen LogP contribution in [0.4, 0.5) is 0 Å². The van der Waals surface area contributed by atoms with E-state index in [2.05, 4.69) is 5.10 Å². The Hall–Kier alpha value is -2.14. The zero-order valence-corrected chi connectivity index (χ0v) is 11.7. The second kappa shape index (κ2) is 6.34. The molecule has 106 valence electrons. The maximum Gasteiger partial charge on any atom is 0.272 e. The minimum absolute atomic E-state index is 0.250. The van der Waals surface area contributed by atoms with Gasteiger partial charge in [0.25, 0.3) is 5.56 Å². The molecule has 0 saturated carbocycles. The molecule has 0 amide bonds. The number of hydrogen-bond donors (Lipinski definition) is 1. The predicted molar refractivity (Wildman–Crippen MR) is 76.7 cm³/mol. The van der Waals surface area contributed by atoms with E-state index in [1.165, 1.54) is 4.68 Å². The molecule has 0 saturated heterocycles. The quantitative estimate of drug-likeness (QED) is 0.903. The fourth-order valence-electron chi connectivity index (χ4n) is 1.98. The molecule has 0 aliphatic rings. The number of aliphatic hydroxyl groups excluding tert-OH is 1. The third-order valence-corrected chi connectivity index (χ3v) is 2.96. The molecule has 0 spiro atoms. The van der Waals surface area contributed by atoms with Gasteiger partial charge in [0, 0.05) is 17.7 Å². The van der Waals surface area contributed by atoms with Gasteiger partial charge in [-0.25, -0.2) is 4.68 Å². The Morgan fingerprint density at radius 2 is 2.10 bits per heavy atom. The van der Waals surface area contributed by atoms with Crippen molar-refractivity contribution in [2.75, 3.05) is 6.61 Å². The Morgan fingerprint density at radius 1 is 1.30 bits per heavy atom. The van der Waals surface area contributed by atoms with Crippen LogP contribution >= 0.6 is 0 Å². The van der Waals surface area contributed by atoms with Gasteiger partial charge in [-0.3, -0.25) is 4.79 Å². The van der Waals surface area contributed by atoms with E-state index in [1.807, 2.05) is 38.1 Å². The first-order valence-corrected chi connectivity index (χ1v) is 6.64. The number of hydrogen-bond acceptors (Lipinski definition) is 4. The summed E-state index contributed by atoms with van der Waals surface area (Å²) in [6.07, 6.45) is 0. The van der Waals surface area contributed by atoms with Crippen molar-refractivity contribution in [1.29, 1.82) is 0 Å². The molecule has 5 nitrogen and oxygen atoms in total. The first kappa shape index (κ1) is 14.3. The van der Waals surface area contributed by atoms with Gasteiger partial charge in [-0.05, 0) is 32.0 Å². The Morgan fingerprint density at radius 3 is 2.75 bits per heavy atom. The van der Waals surface area contributed by atoms with Crippen LogP contribution in [0, 0.1) is 0 Å². The van der Waals surface area contributed by atoms with E-state index >= 15 is 0 Å². The Bertz CT molecular complexity index is 622. The van der Waals surface area contributed by atoms with Crippen LogP contribution in [-0.2, 0) is 13.2 Å². The molecule has 0 aliphatic carbocycles. The van der Waals surface area contributed by atoms with Crippen LogP contribution in [0.15, 0.2) is 35.1 Å². The average Bonchev–Trinajstić information content (AvgIpc) is 2.48. The third-order valence-electron chi connectivity index (χ3n) is 2.96. The summed E-state index contributed by atoms with van der Waals surface area (Å²) in [7, 11) is 0. The van der Waals surface area contributed by atoms with E-state index in [4.69, 9.17) is 4.74 Å². The standard InChI is InChI=1S/C15H18N2O3/c1-3-17-15(19)12(10-18)9-14(16-17)11-6-5-7-13(8-11)20-4-2/h5-9,18H,3-4,10H2,1-2H3. The van der Waals surface area contributed by atoms with Crippen molar-refractivity contribution in [1.82, 2.24) is 9.78 Å². The molecule has 0 bridgehead atoms. The number of aryl methyl sites for hydroxylation is 1. The minimum atomic E-state index is -0.292. The van der Waals surface area contributed by atoms with Crippen LogP contribution < -0.4 is 10.3 Å². The molecule has 5 heteroatoms. The van der Waals surface area contributed by atoms with Gasteiger partial charge in [-0.15, -0.1) is 0 Å². The highest BCUT2D eigenvalue weighted by molar-refractivity contribution is 5.61. The number of aliphatic hydroxyl groups is 1. The molecule has 0 fully saturated rings. The summed E-state index contributed by atoms with van der Waals surface area (Å²) < 4.78 is 6.81. The van der Waals surface area contributed by atoms with Crippen LogP contribution in [0.25, 0.3) is 11.3 Å². The zero-order valence-electron chi connectivity index (χ0n) is 11.7. The summed E-state index contributed by atoms with van der Waals surface area (Å²) in [5.74, 6) is 0.756. The van der Waals surface area contributed by atoms with Gasteiger partial charge in [0.05, 0.1) is 18.9 Å². The lowest BCUT2D eigenvalue weighted by atomic mass is 10.1. The Balaban J connectivity index is 2.52. The molecule has 1 aromatic heterocycles. The highest BCUT2D eigenvalue weighted by Crippen LogP contribution is 2.22. The molecule has 2 aromatic rings. The molecular weight excluding hydrogens is 256 g/mol. The highest BCUT2D eigenvalue weighted by Gasteiger charge is 2.09. The second-order valence-electron chi connectivity index (χ2n) is 4.29. The van der Waals surface area contributed by atoms with Gasteiger partial charge in [-0.1, -0.05) is 12.1 Å². The van der Waals surface area contributed by atoms with Crippen LogP contribution in [0.1, 0.15) is 19.4 Å². The van der Waals surface area contributed by atoms with Crippen LogP contribution in [0.3, 0.4) is 0 Å². The van der Waals surface area contributed by atoms with E-state index in [1.54, 1.807) is 6.07 Å². The lowest BCUT2D eigenvalue weighted by molar-refractivity contribution is 0.278. The van der Waals surface area contributed by atoms with Crippen molar-refractivity contribution in [2.45, 2.75) is 27.0 Å². The van der Waals surface area contributed by atoms with Gasteiger partial charge in [0.15, 0.2) is 0 Å². The van der Waals surface area contributed by atoms with Crippen molar-refractivity contribution in [3.8, 4) is 17.0 Å². The van der Waals surface area contributed by atoms with Gasteiger partial charge in [-0.2, -0.15) is 5.10 Å². The summed E-state index contributed by atoms with van der Waals surface area (Å²) in [6.45, 7) is 4.53. The number of nitrogens with zero attached hydrogens (tertiary/aromatic N) is 2. The van der Waals surface area contributed by atoms with Gasteiger partial charge in [0.1, 0.15) is 5.75 Å². The fourth-order valence-corrected chi connectivity index (χ4v) is 1.98. The van der Waals surface area contributed by atoms with Gasteiger partial charge in [0.2, 0.25) is 0 Å². The minimum Gasteiger partial charge on any atom is -0.494 e. The summed E-state index contributed by atoms with van der Waals surface area (Å²) >= 11 is 0. The largest absolute Gasteiger partial charge is 0.494 e. The zero-order chi connectivity index (χ0) is 14.5. The number of rotatable bonds is 5. The fraction of sp³-hybridized carbons (Fsp3) is 0.333. The van der Waals surface area contributed by atoms with Crippen LogP contribution in [0.5, 0.6) is 5.75 Å². The Kier molecular flexibility index (Phi) is 4.53. The molecular formula is C15H18N2O3. The molecule has 1 N–H and O–H groups in total. The number of aromatic nitrogens is 2. The van der Waals surface area contributed by atoms with Crippen molar-refractivity contribution in [3.05, 3.63) is 46.2 Å². The third kappa shape index (κ3) is 2.88. The molecule has 0 aliphatic heterocycles. The van der Waals surface area contributed by atoms with E-state index in [-0.39, 0.29) is 12.2 Å². The Labute approximate surface area is 117 Å².